The van der Waals surface area contributed by atoms with Crippen LogP contribution in [0.2, 0.25) is 0 Å². The van der Waals surface area contributed by atoms with E-state index in [4.69, 9.17) is 0 Å². The highest BCUT2D eigenvalue weighted by atomic mass is 32.2. The van der Waals surface area contributed by atoms with Crippen molar-refractivity contribution >= 4 is 33.1 Å². The van der Waals surface area contributed by atoms with E-state index in [1.165, 1.54) is 17.5 Å². The number of anilines is 4. The lowest BCUT2D eigenvalue weighted by Gasteiger charge is -2.08. The maximum Gasteiger partial charge on any atom is 0.229 e. The second kappa shape index (κ2) is 6.66. The fourth-order valence-electron chi connectivity index (χ4n) is 3.25. The third-order valence-corrected chi connectivity index (χ3v) is 5.65. The van der Waals surface area contributed by atoms with Crippen molar-refractivity contribution in [1.29, 1.82) is 0 Å². The van der Waals surface area contributed by atoms with Crippen LogP contribution < -0.4 is 10.6 Å². The number of benzene rings is 1. The van der Waals surface area contributed by atoms with E-state index >= 15 is 0 Å². The molecule has 2 aromatic heterocycles. The van der Waals surface area contributed by atoms with Gasteiger partial charge in [-0.05, 0) is 43.5 Å². The van der Waals surface area contributed by atoms with Crippen LogP contribution in [-0.4, -0.2) is 34.4 Å². The normalized spacial score (nSPS) is 13.4. The van der Waals surface area contributed by atoms with Gasteiger partial charge in [-0.15, -0.1) is 0 Å². The molecule has 0 bridgehead atoms. The maximum absolute atomic E-state index is 11.7. The van der Waals surface area contributed by atoms with Crippen molar-refractivity contribution in [3.05, 3.63) is 47.8 Å². The summed E-state index contributed by atoms with van der Waals surface area (Å²) in [6.45, 7) is 0. The van der Waals surface area contributed by atoms with Gasteiger partial charge in [0.2, 0.25) is 5.95 Å². The van der Waals surface area contributed by atoms with Crippen LogP contribution in [0.5, 0.6) is 0 Å². The summed E-state index contributed by atoms with van der Waals surface area (Å²) in [5, 5.41) is 10.9. The Labute approximate surface area is 157 Å². The molecule has 2 heterocycles. The van der Waals surface area contributed by atoms with Crippen LogP contribution in [0.1, 0.15) is 17.7 Å². The second-order valence-electron chi connectivity index (χ2n) is 6.57. The fourth-order valence-corrected chi connectivity index (χ4v) is 3.92. The Kier molecular flexibility index (Phi) is 4.31. The molecule has 27 heavy (non-hydrogen) atoms. The molecule has 9 heteroatoms. The molecule has 2 N–H and O–H groups in total. The first-order valence-corrected chi connectivity index (χ1v) is 10.5. The third kappa shape index (κ3) is 3.63. The van der Waals surface area contributed by atoms with Gasteiger partial charge < -0.3 is 10.6 Å². The molecule has 0 amide bonds. The summed E-state index contributed by atoms with van der Waals surface area (Å²) in [4.78, 5) is 8.91. The molecule has 1 aliphatic rings. The second-order valence-corrected chi connectivity index (χ2v) is 8.58. The quantitative estimate of drug-likeness (QED) is 0.697. The summed E-state index contributed by atoms with van der Waals surface area (Å²) in [6.07, 6.45) is 6.02. The summed E-state index contributed by atoms with van der Waals surface area (Å²) in [5.74, 6) is 1.83. The van der Waals surface area contributed by atoms with Crippen molar-refractivity contribution in [3.8, 4) is 0 Å². The van der Waals surface area contributed by atoms with Crippen LogP contribution in [-0.2, 0) is 29.7 Å². The van der Waals surface area contributed by atoms with Gasteiger partial charge in [0.05, 0.1) is 4.90 Å². The van der Waals surface area contributed by atoms with Gasteiger partial charge >= 0.3 is 0 Å². The largest absolute Gasteiger partial charge is 0.324 e. The highest BCUT2D eigenvalue weighted by Crippen LogP contribution is 2.29. The number of rotatable bonds is 5. The number of nitrogens with zero attached hydrogens (tertiary/aromatic N) is 4. The van der Waals surface area contributed by atoms with E-state index in [-0.39, 0.29) is 4.90 Å². The molecule has 0 aliphatic heterocycles. The number of fused-ring (bicyclic) bond motifs is 1. The van der Waals surface area contributed by atoms with Crippen molar-refractivity contribution in [2.75, 3.05) is 16.9 Å². The molecule has 0 saturated heterocycles. The van der Waals surface area contributed by atoms with E-state index in [0.717, 1.165) is 25.1 Å². The maximum atomic E-state index is 11.7. The van der Waals surface area contributed by atoms with Gasteiger partial charge in [0.1, 0.15) is 5.82 Å². The van der Waals surface area contributed by atoms with Crippen LogP contribution in [0.15, 0.2) is 41.4 Å². The number of aromatic nitrogens is 4. The van der Waals surface area contributed by atoms with Gasteiger partial charge in [-0.3, -0.25) is 4.68 Å². The van der Waals surface area contributed by atoms with Crippen LogP contribution in [0, 0.1) is 0 Å². The van der Waals surface area contributed by atoms with Gasteiger partial charge in [-0.25, -0.2) is 13.4 Å². The van der Waals surface area contributed by atoms with Gasteiger partial charge in [-0.2, -0.15) is 10.1 Å². The van der Waals surface area contributed by atoms with Crippen LogP contribution in [0.4, 0.5) is 23.3 Å². The van der Waals surface area contributed by atoms with Crippen molar-refractivity contribution in [1.82, 2.24) is 19.7 Å². The number of hydrogen-bond acceptors (Lipinski definition) is 7. The molecule has 0 spiro atoms. The monoisotopic (exact) mass is 384 g/mol. The number of sulfone groups is 1. The molecular formula is C18H20N6O2S. The summed E-state index contributed by atoms with van der Waals surface area (Å²) in [6, 6.07) is 8.33. The van der Waals surface area contributed by atoms with Gasteiger partial charge in [-0.1, -0.05) is 6.07 Å². The van der Waals surface area contributed by atoms with E-state index in [1.54, 1.807) is 36.5 Å². The number of nitrogens with one attached hydrogen (secondary N) is 2. The zero-order valence-corrected chi connectivity index (χ0v) is 15.9. The first-order chi connectivity index (χ1) is 12.9. The predicted octanol–water partition coefficient (Wildman–Crippen LogP) is 2.59. The lowest BCUT2D eigenvalue weighted by atomic mass is 10.2. The molecule has 0 unspecified atom stereocenters. The van der Waals surface area contributed by atoms with Gasteiger partial charge in [0.15, 0.2) is 15.7 Å². The highest BCUT2D eigenvalue weighted by Gasteiger charge is 2.21. The summed E-state index contributed by atoms with van der Waals surface area (Å²) >= 11 is 0. The first kappa shape index (κ1) is 17.5. The van der Waals surface area contributed by atoms with Crippen LogP contribution in [0.3, 0.4) is 0 Å². The molecule has 3 aromatic rings. The molecule has 1 aromatic carbocycles. The lowest BCUT2D eigenvalue weighted by molar-refractivity contribution is 0.602. The zero-order chi connectivity index (χ0) is 19.0. The molecule has 0 radical (unpaired) electrons. The molecule has 8 nitrogen and oxygen atoms in total. The molecule has 140 valence electrons. The fraction of sp³-hybridized carbons (Fsp3) is 0.278. The van der Waals surface area contributed by atoms with Crippen LogP contribution >= 0.6 is 0 Å². The Bertz CT molecular complexity index is 1110. The zero-order valence-electron chi connectivity index (χ0n) is 15.1. The van der Waals surface area contributed by atoms with Crippen molar-refractivity contribution in [2.24, 2.45) is 7.05 Å². The van der Waals surface area contributed by atoms with Crippen molar-refractivity contribution in [2.45, 2.75) is 24.2 Å². The molecular weight excluding hydrogens is 364 g/mol. The molecule has 0 atom stereocenters. The van der Waals surface area contributed by atoms with E-state index in [2.05, 4.69) is 25.7 Å². The van der Waals surface area contributed by atoms with E-state index in [1.807, 2.05) is 11.7 Å². The highest BCUT2D eigenvalue weighted by molar-refractivity contribution is 7.90. The Morgan fingerprint density at radius 2 is 2.00 bits per heavy atom. The first-order valence-electron chi connectivity index (χ1n) is 8.62. The molecule has 1 aliphatic carbocycles. The molecule has 0 fully saturated rings. The van der Waals surface area contributed by atoms with Crippen molar-refractivity contribution in [3.63, 3.8) is 0 Å². The summed E-state index contributed by atoms with van der Waals surface area (Å²) in [5.41, 5.74) is 3.11. The average Bonchev–Trinajstić information content (AvgIpc) is 3.20. The number of hydrogen-bond donors (Lipinski definition) is 2. The summed E-state index contributed by atoms with van der Waals surface area (Å²) in [7, 11) is -1.32. The summed E-state index contributed by atoms with van der Waals surface area (Å²) < 4.78 is 25.3. The molecule has 4 rings (SSSR count). The minimum atomic E-state index is -3.27. The molecule has 0 saturated carbocycles. The van der Waals surface area contributed by atoms with Gasteiger partial charge in [0, 0.05) is 36.4 Å². The Morgan fingerprint density at radius 3 is 2.81 bits per heavy atom. The van der Waals surface area contributed by atoms with Gasteiger partial charge in [0.25, 0.3) is 0 Å². The Morgan fingerprint density at radius 1 is 1.15 bits per heavy atom. The number of aryl methyl sites for hydroxylation is 1. The standard InChI is InChI=1S/C18H20N6O2S/c1-24-15-8-4-7-14(15)17(23-24)21-16-9-10-19-18(22-16)20-12-5-3-6-13(11-12)27(2,25)26/h3,5-6,9-11H,4,7-8H2,1-2H3,(H2,19,20,21,22,23). The van der Waals surface area contributed by atoms with Crippen LogP contribution in [0.25, 0.3) is 0 Å². The third-order valence-electron chi connectivity index (χ3n) is 4.54. The topological polar surface area (TPSA) is 102 Å². The minimum absolute atomic E-state index is 0.242. The van der Waals surface area contributed by atoms with E-state index in [0.29, 0.717) is 17.5 Å². The Hall–Kier alpha value is -2.94. The van der Waals surface area contributed by atoms with E-state index in [9.17, 15) is 8.42 Å². The van der Waals surface area contributed by atoms with E-state index < -0.39 is 9.84 Å². The average molecular weight is 384 g/mol. The smallest absolute Gasteiger partial charge is 0.229 e. The minimum Gasteiger partial charge on any atom is -0.324 e. The van der Waals surface area contributed by atoms with Crippen molar-refractivity contribution < 1.29 is 8.42 Å². The lowest BCUT2D eigenvalue weighted by Crippen LogP contribution is -2.03. The predicted molar refractivity (Wildman–Crippen MR) is 103 cm³/mol. The Balaban J connectivity index is 1.56. The SMILES string of the molecule is Cn1nc(Nc2ccnc(Nc3cccc(S(C)(=O)=O)c3)n2)c2c1CCC2.